The summed E-state index contributed by atoms with van der Waals surface area (Å²) >= 11 is 0. The van der Waals surface area contributed by atoms with Gasteiger partial charge in [0, 0.05) is 16.6 Å². The van der Waals surface area contributed by atoms with Crippen LogP contribution in [-0.2, 0) is 6.54 Å². The molecule has 1 aromatic heterocycles. The molecule has 10 heteroatoms. The van der Waals surface area contributed by atoms with Gasteiger partial charge in [-0.15, -0.1) is 0 Å². The lowest BCUT2D eigenvalue weighted by Gasteiger charge is -1.90. The van der Waals surface area contributed by atoms with E-state index in [0.29, 0.717) is 0 Å². The molecule has 0 aromatic carbocycles. The van der Waals surface area contributed by atoms with E-state index in [-0.39, 0.29) is 19.0 Å². The Bertz CT molecular complexity index is 390. The van der Waals surface area contributed by atoms with E-state index in [4.69, 9.17) is 11.3 Å². The first-order chi connectivity index (χ1) is 6.65. The number of anilines is 1. The van der Waals surface area contributed by atoms with Gasteiger partial charge in [0.2, 0.25) is 0 Å². The second-order valence-corrected chi connectivity index (χ2v) is 2.20. The maximum Gasteiger partial charge on any atom is 0.493 e. The van der Waals surface area contributed by atoms with Crippen LogP contribution >= 0.6 is 0 Å². The predicted octanol–water partition coefficient (Wildman–Crippen LogP) is 0.0788. The highest BCUT2D eigenvalue weighted by molar-refractivity contribution is 5.21. The van der Waals surface area contributed by atoms with Crippen LogP contribution in [0.3, 0.4) is 0 Å². The molecule has 0 aliphatic rings. The summed E-state index contributed by atoms with van der Waals surface area (Å²) in [6.45, 7) is 0.276. The van der Waals surface area contributed by atoms with Crippen LogP contribution in [0.2, 0.25) is 0 Å². The minimum Gasteiger partial charge on any atom is -0.390 e. The van der Waals surface area contributed by atoms with Crippen molar-refractivity contribution in [2.45, 2.75) is 6.54 Å². The number of aromatic nitrogens is 3. The SMILES string of the molecule is [N-]=[N+]=NCCn1nc([N+](=O)[O-])nc1N. The molecule has 0 amide bonds. The van der Waals surface area contributed by atoms with Crippen LogP contribution in [-0.4, -0.2) is 26.2 Å². The van der Waals surface area contributed by atoms with Crippen LogP contribution in [0.15, 0.2) is 5.11 Å². The van der Waals surface area contributed by atoms with Crippen LogP contribution in [0.5, 0.6) is 0 Å². The van der Waals surface area contributed by atoms with Crippen LogP contribution in [0.25, 0.3) is 10.4 Å². The van der Waals surface area contributed by atoms with Crippen molar-refractivity contribution in [3.8, 4) is 0 Å². The fraction of sp³-hybridized carbons (Fsp3) is 0.500. The van der Waals surface area contributed by atoms with Crippen molar-refractivity contribution >= 4 is 11.9 Å². The minimum atomic E-state index is -0.750. The predicted molar refractivity (Wildman–Crippen MR) is 45.1 cm³/mol. The Hall–Kier alpha value is -2.35. The number of hydrogen-bond acceptors (Lipinski definition) is 6. The molecule has 1 rings (SSSR count). The van der Waals surface area contributed by atoms with E-state index in [1.807, 2.05) is 0 Å². The number of nitro groups is 1. The van der Waals surface area contributed by atoms with Gasteiger partial charge in [-0.1, -0.05) is 5.11 Å². The van der Waals surface area contributed by atoms with E-state index in [1.54, 1.807) is 0 Å². The number of nitrogens with zero attached hydrogens (tertiary/aromatic N) is 7. The molecule has 10 nitrogen and oxygen atoms in total. The third-order valence-corrected chi connectivity index (χ3v) is 1.33. The highest BCUT2D eigenvalue weighted by Crippen LogP contribution is 2.06. The van der Waals surface area contributed by atoms with Gasteiger partial charge < -0.3 is 15.8 Å². The van der Waals surface area contributed by atoms with Gasteiger partial charge in [-0.25, -0.2) is 0 Å². The summed E-state index contributed by atoms with van der Waals surface area (Å²) in [5.41, 5.74) is 13.3. The highest BCUT2D eigenvalue weighted by atomic mass is 16.6. The zero-order chi connectivity index (χ0) is 10.6. The molecule has 1 heterocycles. The number of hydrogen-bond donors (Lipinski definition) is 1. The largest absolute Gasteiger partial charge is 0.493 e. The molecule has 2 N–H and O–H groups in total. The Labute approximate surface area is 77.1 Å². The van der Waals surface area contributed by atoms with Crippen molar-refractivity contribution in [2.75, 3.05) is 12.3 Å². The Balaban J connectivity index is 2.77. The third kappa shape index (κ3) is 2.08. The van der Waals surface area contributed by atoms with E-state index in [2.05, 4.69) is 20.1 Å². The number of azide groups is 1. The van der Waals surface area contributed by atoms with Crippen LogP contribution in [0.4, 0.5) is 11.9 Å². The summed E-state index contributed by atoms with van der Waals surface area (Å²) in [5.74, 6) is -0.645. The summed E-state index contributed by atoms with van der Waals surface area (Å²) < 4.78 is 1.10. The second kappa shape index (κ2) is 4.05. The monoisotopic (exact) mass is 198 g/mol. The Morgan fingerprint density at radius 1 is 1.79 bits per heavy atom. The van der Waals surface area contributed by atoms with Gasteiger partial charge in [0.15, 0.2) is 0 Å². The fourth-order valence-electron chi connectivity index (χ4n) is 0.768. The van der Waals surface area contributed by atoms with Gasteiger partial charge in [-0.3, -0.25) is 0 Å². The number of rotatable bonds is 4. The van der Waals surface area contributed by atoms with Crippen LogP contribution in [0, 0.1) is 10.1 Å². The normalized spacial score (nSPS) is 9.43. The molecule has 0 aliphatic carbocycles. The Morgan fingerprint density at radius 2 is 2.50 bits per heavy atom. The number of nitrogens with two attached hydrogens (primary N) is 1. The molecule has 14 heavy (non-hydrogen) atoms. The smallest absolute Gasteiger partial charge is 0.390 e. The molecule has 0 radical (unpaired) electrons. The lowest BCUT2D eigenvalue weighted by atomic mass is 10.6. The average molecular weight is 198 g/mol. The van der Waals surface area contributed by atoms with Gasteiger partial charge >= 0.3 is 11.9 Å². The summed E-state index contributed by atoms with van der Waals surface area (Å²) in [7, 11) is 0. The summed E-state index contributed by atoms with van der Waals surface area (Å²) in [5, 5.41) is 16.9. The summed E-state index contributed by atoms with van der Waals surface area (Å²) in [6, 6.07) is 0. The standard InChI is InChI=1S/C4H6N8O2/c5-3-8-4(12(13)14)9-11(3)2-1-7-10-6/h1-2H2,(H2,5,8,9). The maximum absolute atomic E-state index is 10.2. The van der Waals surface area contributed by atoms with E-state index in [0.717, 1.165) is 4.68 Å². The summed E-state index contributed by atoms with van der Waals surface area (Å²) in [6.07, 6.45) is 0. The molecule has 0 atom stereocenters. The van der Waals surface area contributed by atoms with Crippen LogP contribution < -0.4 is 5.73 Å². The van der Waals surface area contributed by atoms with Crippen molar-refractivity contribution in [1.29, 1.82) is 0 Å². The zero-order valence-electron chi connectivity index (χ0n) is 6.94. The first kappa shape index (κ1) is 9.74. The lowest BCUT2D eigenvalue weighted by molar-refractivity contribution is -0.394. The second-order valence-electron chi connectivity index (χ2n) is 2.20. The molecular formula is C4H6N8O2. The first-order valence-electron chi connectivity index (χ1n) is 3.50. The zero-order valence-corrected chi connectivity index (χ0v) is 6.94. The highest BCUT2D eigenvalue weighted by Gasteiger charge is 2.18. The Morgan fingerprint density at radius 3 is 3.00 bits per heavy atom. The molecule has 0 fully saturated rings. The summed E-state index contributed by atoms with van der Waals surface area (Å²) in [4.78, 5) is 15.4. The third-order valence-electron chi connectivity index (χ3n) is 1.33. The molecule has 0 saturated heterocycles. The molecule has 0 aliphatic heterocycles. The van der Waals surface area contributed by atoms with E-state index in [9.17, 15) is 10.1 Å². The molecular weight excluding hydrogens is 192 g/mol. The number of nitrogen functional groups attached to an aromatic ring is 1. The van der Waals surface area contributed by atoms with Crippen molar-refractivity contribution < 1.29 is 4.92 Å². The van der Waals surface area contributed by atoms with Gasteiger partial charge in [-0.05, 0) is 15.4 Å². The van der Waals surface area contributed by atoms with Crippen molar-refractivity contribution in [1.82, 2.24) is 14.8 Å². The quantitative estimate of drug-likeness (QED) is 0.239. The maximum atomic E-state index is 10.2. The van der Waals surface area contributed by atoms with Crippen molar-refractivity contribution in [3.05, 3.63) is 20.6 Å². The molecule has 74 valence electrons. The molecule has 1 aromatic rings. The van der Waals surface area contributed by atoms with Gasteiger partial charge in [0.1, 0.15) is 0 Å². The van der Waals surface area contributed by atoms with Gasteiger partial charge in [0.25, 0.3) is 0 Å². The lowest BCUT2D eigenvalue weighted by Crippen LogP contribution is -2.07. The average Bonchev–Trinajstić information content (AvgIpc) is 2.49. The molecule has 0 unspecified atom stereocenters. The van der Waals surface area contributed by atoms with Gasteiger partial charge in [-0.2, -0.15) is 4.68 Å². The van der Waals surface area contributed by atoms with Crippen molar-refractivity contribution in [3.63, 3.8) is 0 Å². The van der Waals surface area contributed by atoms with Gasteiger partial charge in [0.05, 0.1) is 6.54 Å². The Kier molecular flexibility index (Phi) is 2.82. The topological polar surface area (TPSA) is 149 Å². The molecule has 0 bridgehead atoms. The van der Waals surface area contributed by atoms with Crippen LogP contribution in [0.1, 0.15) is 0 Å². The van der Waals surface area contributed by atoms with E-state index >= 15 is 0 Å². The van der Waals surface area contributed by atoms with E-state index in [1.165, 1.54) is 0 Å². The molecule has 0 saturated carbocycles. The minimum absolute atomic E-state index is 0.0789. The van der Waals surface area contributed by atoms with E-state index < -0.39 is 10.9 Å². The molecule has 0 spiro atoms. The fourth-order valence-corrected chi connectivity index (χ4v) is 0.768. The first-order valence-corrected chi connectivity index (χ1v) is 3.50. The van der Waals surface area contributed by atoms with Crippen molar-refractivity contribution in [2.24, 2.45) is 5.11 Å².